The lowest BCUT2D eigenvalue weighted by Gasteiger charge is -2.11. The van der Waals surface area contributed by atoms with Gasteiger partial charge in [-0.15, -0.1) is 0 Å². The highest BCUT2D eigenvalue weighted by Gasteiger charge is 2.19. The Morgan fingerprint density at radius 3 is 2.42 bits per heavy atom. The van der Waals surface area contributed by atoms with Crippen molar-refractivity contribution in [3.8, 4) is 0 Å². The molecule has 0 unspecified atom stereocenters. The number of carbonyl (C=O) groups excluding carboxylic acids is 1. The van der Waals surface area contributed by atoms with Crippen molar-refractivity contribution in [1.29, 1.82) is 0 Å². The maximum absolute atomic E-state index is 12.7. The van der Waals surface area contributed by atoms with E-state index in [1.807, 2.05) is 0 Å². The van der Waals surface area contributed by atoms with Crippen molar-refractivity contribution < 1.29 is 21.6 Å². The first kappa shape index (κ1) is 23.0. The monoisotopic (exact) mass is 463 g/mol. The molecule has 0 saturated carbocycles. The molecule has 1 aliphatic rings. The van der Waals surface area contributed by atoms with E-state index in [9.17, 15) is 21.6 Å². The number of amidine groups is 1. The van der Waals surface area contributed by atoms with Crippen LogP contribution in [0.4, 0.5) is 5.69 Å². The van der Waals surface area contributed by atoms with E-state index in [4.69, 9.17) is 0 Å². The summed E-state index contributed by atoms with van der Waals surface area (Å²) in [5.74, 6) is -0.421. The number of anilines is 1. The van der Waals surface area contributed by atoms with Crippen molar-refractivity contribution in [3.05, 3.63) is 54.6 Å². The highest BCUT2D eigenvalue weighted by Crippen LogP contribution is 2.17. The van der Waals surface area contributed by atoms with E-state index in [-0.39, 0.29) is 27.7 Å². The molecule has 0 aliphatic carbocycles. The van der Waals surface area contributed by atoms with Crippen molar-refractivity contribution in [3.63, 3.8) is 0 Å². The first-order valence-corrected chi connectivity index (χ1v) is 13.1. The molecule has 0 spiro atoms. The molecule has 2 N–H and O–H groups in total. The summed E-state index contributed by atoms with van der Waals surface area (Å²) in [7, 11) is -7.41. The van der Waals surface area contributed by atoms with Crippen LogP contribution in [0.25, 0.3) is 0 Å². The average Bonchev–Trinajstić information content (AvgIpc) is 3.01. The van der Waals surface area contributed by atoms with Gasteiger partial charge in [0.2, 0.25) is 5.91 Å². The third-order valence-electron chi connectivity index (χ3n) is 4.75. The second-order valence-corrected chi connectivity index (χ2v) is 11.0. The summed E-state index contributed by atoms with van der Waals surface area (Å²) in [5, 5.41) is 2.57. The molecular weight excluding hydrogens is 438 g/mol. The summed E-state index contributed by atoms with van der Waals surface area (Å²) < 4.78 is 52.5. The van der Waals surface area contributed by atoms with Gasteiger partial charge in [-0.1, -0.05) is 30.7 Å². The number of carbonyl (C=O) groups is 1. The molecule has 166 valence electrons. The fourth-order valence-electron chi connectivity index (χ4n) is 3.11. The molecule has 2 aromatic carbocycles. The largest absolute Gasteiger partial charge is 0.326 e. The predicted molar refractivity (Wildman–Crippen MR) is 119 cm³/mol. The standard InChI is InChI=1S/C21H25N3O5S2/c25-21(13-15-30(26,27)18-9-3-1-4-10-18)23-17-8-7-11-19(16-17)31(28,29)24-20-12-5-2-6-14-22-20/h1,3-4,7-11,16H,2,5-6,12-15H2,(H,22,24)(H,23,25). The van der Waals surface area contributed by atoms with Crippen molar-refractivity contribution >= 4 is 37.3 Å². The molecule has 2 aromatic rings. The maximum atomic E-state index is 12.7. The van der Waals surface area contributed by atoms with Crippen LogP contribution in [0.2, 0.25) is 0 Å². The summed E-state index contributed by atoms with van der Waals surface area (Å²) in [6, 6.07) is 13.7. The van der Waals surface area contributed by atoms with Crippen LogP contribution in [-0.4, -0.2) is 40.9 Å². The van der Waals surface area contributed by atoms with Crippen molar-refractivity contribution in [2.24, 2.45) is 4.99 Å². The Bertz CT molecular complexity index is 1160. The third-order valence-corrected chi connectivity index (χ3v) is 7.87. The molecule has 8 nitrogen and oxygen atoms in total. The van der Waals surface area contributed by atoms with Gasteiger partial charge in [-0.2, -0.15) is 0 Å². The van der Waals surface area contributed by atoms with Crippen LogP contribution in [0.5, 0.6) is 0 Å². The highest BCUT2D eigenvalue weighted by atomic mass is 32.2. The van der Waals surface area contributed by atoms with E-state index in [0.29, 0.717) is 18.8 Å². The number of hydrogen-bond acceptors (Lipinski definition) is 6. The summed E-state index contributed by atoms with van der Waals surface area (Å²) in [6.07, 6.45) is 3.15. The summed E-state index contributed by atoms with van der Waals surface area (Å²) in [6.45, 7) is 0.597. The highest BCUT2D eigenvalue weighted by molar-refractivity contribution is 7.91. The topological polar surface area (TPSA) is 122 Å². The molecule has 0 aromatic heterocycles. The Hall–Kier alpha value is -2.72. The second kappa shape index (κ2) is 10.1. The molecular formula is C21H25N3O5S2. The Labute approximate surface area is 182 Å². The summed E-state index contributed by atoms with van der Waals surface area (Å²) in [5.41, 5.74) is 0.271. The Morgan fingerprint density at radius 1 is 0.903 bits per heavy atom. The molecule has 0 saturated heterocycles. The predicted octanol–water partition coefficient (Wildman–Crippen LogP) is 2.74. The third kappa shape index (κ3) is 6.63. The minimum atomic E-state index is -3.83. The number of nitrogens with zero attached hydrogens (tertiary/aromatic N) is 1. The fraction of sp³-hybridized carbons (Fsp3) is 0.333. The molecule has 1 amide bonds. The quantitative estimate of drug-likeness (QED) is 0.654. The van der Waals surface area contributed by atoms with Gasteiger partial charge in [0.1, 0.15) is 5.84 Å². The fourth-order valence-corrected chi connectivity index (χ4v) is 5.50. The van der Waals surface area contributed by atoms with Gasteiger partial charge in [-0.05, 0) is 43.2 Å². The van der Waals surface area contributed by atoms with Gasteiger partial charge in [0.15, 0.2) is 9.84 Å². The smallest absolute Gasteiger partial charge is 0.262 e. The molecule has 1 aliphatic heterocycles. The lowest BCUT2D eigenvalue weighted by Crippen LogP contribution is -2.30. The first-order chi connectivity index (χ1) is 14.8. The number of aliphatic imine (C=N–C) groups is 1. The van der Waals surface area contributed by atoms with E-state index in [1.54, 1.807) is 24.3 Å². The molecule has 0 bridgehead atoms. The van der Waals surface area contributed by atoms with Crippen molar-refractivity contribution in [1.82, 2.24) is 4.72 Å². The van der Waals surface area contributed by atoms with Crippen LogP contribution in [0.1, 0.15) is 32.1 Å². The van der Waals surface area contributed by atoms with Crippen LogP contribution < -0.4 is 10.0 Å². The van der Waals surface area contributed by atoms with Crippen molar-refractivity contribution in [2.75, 3.05) is 17.6 Å². The normalized spacial score (nSPS) is 14.9. The molecule has 1 heterocycles. The van der Waals surface area contributed by atoms with Crippen molar-refractivity contribution in [2.45, 2.75) is 41.9 Å². The number of benzene rings is 2. The van der Waals surface area contributed by atoms with Crippen LogP contribution >= 0.6 is 0 Å². The van der Waals surface area contributed by atoms with Gasteiger partial charge in [-0.3, -0.25) is 14.5 Å². The molecule has 10 heteroatoms. The lowest BCUT2D eigenvalue weighted by molar-refractivity contribution is -0.115. The zero-order valence-electron chi connectivity index (χ0n) is 17.0. The van der Waals surface area contributed by atoms with Gasteiger partial charge in [0.05, 0.1) is 15.5 Å². The Kier molecular flexibility index (Phi) is 7.45. The van der Waals surface area contributed by atoms with Gasteiger partial charge in [0.25, 0.3) is 10.0 Å². The first-order valence-electron chi connectivity index (χ1n) is 10.0. The molecule has 31 heavy (non-hydrogen) atoms. The maximum Gasteiger partial charge on any atom is 0.262 e. The summed E-state index contributed by atoms with van der Waals surface area (Å²) >= 11 is 0. The number of sulfone groups is 1. The molecule has 0 atom stereocenters. The lowest BCUT2D eigenvalue weighted by atomic mass is 10.2. The number of nitrogens with one attached hydrogen (secondary N) is 2. The van der Waals surface area contributed by atoms with E-state index < -0.39 is 25.8 Å². The van der Waals surface area contributed by atoms with Crippen LogP contribution in [0, 0.1) is 0 Å². The van der Waals surface area contributed by atoms with E-state index in [2.05, 4.69) is 15.0 Å². The number of sulfonamides is 1. The SMILES string of the molecule is O=C(CCS(=O)(=O)c1ccccc1)Nc1cccc(S(=O)(=O)NC2=NCCCCC2)c1. The average molecular weight is 464 g/mol. The summed E-state index contributed by atoms with van der Waals surface area (Å²) in [4.78, 5) is 16.7. The van der Waals surface area contributed by atoms with Crippen LogP contribution in [-0.2, 0) is 24.7 Å². The zero-order valence-corrected chi connectivity index (χ0v) is 18.6. The van der Waals surface area contributed by atoms with Crippen LogP contribution in [0.15, 0.2) is 69.4 Å². The van der Waals surface area contributed by atoms with Gasteiger partial charge < -0.3 is 5.32 Å². The molecule has 0 radical (unpaired) electrons. The van der Waals surface area contributed by atoms with E-state index in [0.717, 1.165) is 19.3 Å². The van der Waals surface area contributed by atoms with E-state index in [1.165, 1.54) is 30.3 Å². The number of amides is 1. The van der Waals surface area contributed by atoms with Gasteiger partial charge >= 0.3 is 0 Å². The Balaban J connectivity index is 1.63. The van der Waals surface area contributed by atoms with E-state index >= 15 is 0 Å². The minimum absolute atomic E-state index is 0.00541. The zero-order chi connectivity index (χ0) is 22.3. The van der Waals surface area contributed by atoms with Gasteiger partial charge in [0, 0.05) is 25.1 Å². The molecule has 0 fully saturated rings. The van der Waals surface area contributed by atoms with Gasteiger partial charge in [-0.25, -0.2) is 16.8 Å². The number of hydrogen-bond donors (Lipinski definition) is 2. The minimum Gasteiger partial charge on any atom is -0.326 e. The Morgan fingerprint density at radius 2 is 1.65 bits per heavy atom. The molecule has 3 rings (SSSR count). The second-order valence-electron chi connectivity index (χ2n) is 7.20. The van der Waals surface area contributed by atoms with Crippen LogP contribution in [0.3, 0.4) is 0 Å². The number of rotatable bonds is 7.